The summed E-state index contributed by atoms with van der Waals surface area (Å²) in [4.78, 5) is 0. The number of halogens is 2. The fourth-order valence-electron chi connectivity index (χ4n) is 3.69. The van der Waals surface area contributed by atoms with E-state index in [1.165, 1.54) is 24.3 Å². The molecule has 0 bridgehead atoms. The van der Waals surface area contributed by atoms with E-state index in [9.17, 15) is 13.9 Å². The fourth-order valence-corrected chi connectivity index (χ4v) is 3.69. The van der Waals surface area contributed by atoms with Crippen molar-refractivity contribution in [2.24, 2.45) is 0 Å². The largest absolute Gasteiger partial charge is 0.389 e. The van der Waals surface area contributed by atoms with Gasteiger partial charge in [0.05, 0.1) is 16.7 Å². The summed E-state index contributed by atoms with van der Waals surface area (Å²) in [5, 5.41) is 32.7. The Morgan fingerprint density at radius 2 is 1.59 bits per heavy atom. The van der Waals surface area contributed by atoms with E-state index in [0.717, 1.165) is 0 Å². The zero-order chi connectivity index (χ0) is 19.4. The first kappa shape index (κ1) is 19.0. The van der Waals surface area contributed by atoms with E-state index in [4.69, 9.17) is 10.5 Å². The quantitative estimate of drug-likeness (QED) is 0.870. The van der Waals surface area contributed by atoms with Crippen LogP contribution in [-0.2, 0) is 6.42 Å². The van der Waals surface area contributed by atoms with Gasteiger partial charge in [0.1, 0.15) is 23.8 Å². The van der Waals surface area contributed by atoms with Crippen molar-refractivity contribution in [1.29, 1.82) is 10.5 Å². The highest BCUT2D eigenvalue weighted by molar-refractivity contribution is 5.39. The van der Waals surface area contributed by atoms with Crippen LogP contribution in [0.4, 0.5) is 8.78 Å². The molecule has 2 aromatic carbocycles. The van der Waals surface area contributed by atoms with E-state index >= 15 is 0 Å². The first-order valence-electron chi connectivity index (χ1n) is 8.78. The van der Waals surface area contributed by atoms with E-state index in [2.05, 4.69) is 5.32 Å². The lowest BCUT2D eigenvalue weighted by atomic mass is 9.73. The minimum atomic E-state index is -1.04. The van der Waals surface area contributed by atoms with Crippen molar-refractivity contribution in [3.05, 3.63) is 70.3 Å². The van der Waals surface area contributed by atoms with Gasteiger partial charge in [-0.1, -0.05) is 12.1 Å². The topological polar surface area (TPSA) is 79.8 Å². The summed E-state index contributed by atoms with van der Waals surface area (Å²) in [6, 6.07) is 12.2. The van der Waals surface area contributed by atoms with Gasteiger partial charge in [-0.2, -0.15) is 10.5 Å². The van der Waals surface area contributed by atoms with E-state index < -0.39 is 23.2 Å². The Hall–Kier alpha value is -2.80. The van der Waals surface area contributed by atoms with Crippen LogP contribution in [0.5, 0.6) is 0 Å². The van der Waals surface area contributed by atoms with Crippen LogP contribution in [0.3, 0.4) is 0 Å². The lowest BCUT2D eigenvalue weighted by Crippen LogP contribution is -2.46. The molecule has 6 heteroatoms. The summed E-state index contributed by atoms with van der Waals surface area (Å²) in [6.45, 7) is 1.29. The molecule has 1 aliphatic heterocycles. The first-order chi connectivity index (χ1) is 13.0. The average Bonchev–Trinajstić information content (AvgIpc) is 2.68. The molecule has 1 fully saturated rings. The Balaban J connectivity index is 2.03. The second kappa shape index (κ2) is 7.84. The summed E-state index contributed by atoms with van der Waals surface area (Å²) < 4.78 is 27.4. The molecule has 2 N–H and O–H groups in total. The standard InChI is InChI=1S/C21H19F2N3O/c22-19-3-1-14(9-16(19)12-24)10-18(21(27)5-7-26-8-6-21)15-2-4-20(23)17(11-15)13-25/h1-4,9,11,18,26-27H,5-8,10H2. The highest BCUT2D eigenvalue weighted by atomic mass is 19.1. The average molecular weight is 367 g/mol. The van der Waals surface area contributed by atoms with Gasteiger partial charge in [0.2, 0.25) is 0 Å². The smallest absolute Gasteiger partial charge is 0.140 e. The molecule has 1 unspecified atom stereocenters. The number of nitriles is 2. The van der Waals surface area contributed by atoms with E-state index in [1.807, 2.05) is 12.1 Å². The van der Waals surface area contributed by atoms with Crippen LogP contribution in [0, 0.1) is 34.3 Å². The highest BCUT2D eigenvalue weighted by Crippen LogP contribution is 2.38. The summed E-state index contributed by atoms with van der Waals surface area (Å²) in [7, 11) is 0. The number of aliphatic hydroxyl groups is 1. The predicted octanol–water partition coefficient (Wildman–Crippen LogP) is 3.15. The summed E-state index contributed by atoms with van der Waals surface area (Å²) in [5.41, 5.74) is 0.178. The Morgan fingerprint density at radius 1 is 1.00 bits per heavy atom. The molecule has 1 heterocycles. The van der Waals surface area contributed by atoms with Gasteiger partial charge in [0, 0.05) is 5.92 Å². The zero-order valence-electron chi connectivity index (χ0n) is 14.7. The Morgan fingerprint density at radius 3 is 2.22 bits per heavy atom. The van der Waals surface area contributed by atoms with Crippen LogP contribution < -0.4 is 5.32 Å². The number of hydrogen-bond acceptors (Lipinski definition) is 4. The Bertz CT molecular complexity index is 924. The summed E-state index contributed by atoms with van der Waals surface area (Å²) in [5.74, 6) is -1.61. The Labute approximate surface area is 156 Å². The van der Waals surface area contributed by atoms with Gasteiger partial charge < -0.3 is 10.4 Å². The predicted molar refractivity (Wildman–Crippen MR) is 95.7 cm³/mol. The van der Waals surface area contributed by atoms with Gasteiger partial charge in [-0.15, -0.1) is 0 Å². The molecule has 0 amide bonds. The van der Waals surface area contributed by atoms with Crippen LogP contribution in [0.1, 0.15) is 41.0 Å². The van der Waals surface area contributed by atoms with Crippen LogP contribution in [0.15, 0.2) is 36.4 Å². The van der Waals surface area contributed by atoms with Crippen molar-refractivity contribution < 1.29 is 13.9 Å². The molecular weight excluding hydrogens is 348 g/mol. The van der Waals surface area contributed by atoms with E-state index in [-0.39, 0.29) is 11.1 Å². The first-order valence-corrected chi connectivity index (χ1v) is 8.78. The normalized spacial score (nSPS) is 16.9. The minimum Gasteiger partial charge on any atom is -0.389 e. The molecule has 4 nitrogen and oxygen atoms in total. The zero-order valence-corrected chi connectivity index (χ0v) is 14.7. The van der Waals surface area contributed by atoms with Gasteiger partial charge in [-0.3, -0.25) is 0 Å². The molecule has 138 valence electrons. The molecule has 3 rings (SSSR count). The maximum Gasteiger partial charge on any atom is 0.140 e. The number of nitrogens with one attached hydrogen (secondary N) is 1. The number of benzene rings is 2. The monoisotopic (exact) mass is 367 g/mol. The number of hydrogen-bond donors (Lipinski definition) is 2. The lowest BCUT2D eigenvalue weighted by molar-refractivity contribution is -0.0159. The fraction of sp³-hybridized carbons (Fsp3) is 0.333. The molecule has 27 heavy (non-hydrogen) atoms. The molecule has 1 atom stereocenters. The molecule has 0 aliphatic carbocycles. The maximum atomic E-state index is 13.8. The third-order valence-corrected chi connectivity index (χ3v) is 5.22. The molecule has 0 aromatic heterocycles. The highest BCUT2D eigenvalue weighted by Gasteiger charge is 2.39. The van der Waals surface area contributed by atoms with Crippen molar-refractivity contribution in [2.45, 2.75) is 30.8 Å². The van der Waals surface area contributed by atoms with Crippen molar-refractivity contribution >= 4 is 0 Å². The van der Waals surface area contributed by atoms with Crippen molar-refractivity contribution in [3.8, 4) is 12.1 Å². The number of piperidine rings is 1. The van der Waals surface area contributed by atoms with Gasteiger partial charge in [-0.05, 0) is 67.7 Å². The SMILES string of the molecule is N#Cc1cc(CC(c2ccc(F)c(C#N)c2)C2(O)CCNCC2)ccc1F. The van der Waals surface area contributed by atoms with Gasteiger partial charge in [0.25, 0.3) is 0 Å². The molecule has 0 saturated carbocycles. The maximum absolute atomic E-state index is 13.8. The van der Waals surface area contributed by atoms with Crippen molar-refractivity contribution in [2.75, 3.05) is 13.1 Å². The van der Waals surface area contributed by atoms with Gasteiger partial charge in [-0.25, -0.2) is 8.78 Å². The molecule has 1 saturated heterocycles. The molecule has 0 spiro atoms. The van der Waals surface area contributed by atoms with Crippen molar-refractivity contribution in [3.63, 3.8) is 0 Å². The lowest BCUT2D eigenvalue weighted by Gasteiger charge is -2.40. The van der Waals surface area contributed by atoms with Crippen molar-refractivity contribution in [1.82, 2.24) is 5.32 Å². The number of rotatable bonds is 4. The van der Waals surface area contributed by atoms with E-state index in [1.54, 1.807) is 12.1 Å². The summed E-state index contributed by atoms with van der Waals surface area (Å²) >= 11 is 0. The van der Waals surface area contributed by atoms with Crippen LogP contribution >= 0.6 is 0 Å². The van der Waals surface area contributed by atoms with Crippen LogP contribution in [0.2, 0.25) is 0 Å². The second-order valence-corrected chi connectivity index (χ2v) is 6.89. The van der Waals surface area contributed by atoms with E-state index in [0.29, 0.717) is 43.5 Å². The third-order valence-electron chi connectivity index (χ3n) is 5.22. The molecule has 1 aliphatic rings. The number of nitrogens with zero attached hydrogens (tertiary/aromatic N) is 2. The van der Waals surface area contributed by atoms with Gasteiger partial charge >= 0.3 is 0 Å². The molecular formula is C21H19F2N3O. The summed E-state index contributed by atoms with van der Waals surface area (Å²) in [6.07, 6.45) is 1.36. The Kier molecular flexibility index (Phi) is 5.51. The minimum absolute atomic E-state index is 0.0552. The molecule has 0 radical (unpaired) electrons. The van der Waals surface area contributed by atoms with Crippen LogP contribution in [-0.4, -0.2) is 23.8 Å². The molecule has 2 aromatic rings. The second-order valence-electron chi connectivity index (χ2n) is 6.89. The third kappa shape index (κ3) is 3.98. The van der Waals surface area contributed by atoms with Gasteiger partial charge in [0.15, 0.2) is 0 Å². The van der Waals surface area contributed by atoms with Crippen LogP contribution in [0.25, 0.3) is 0 Å².